The largest absolute Gasteiger partial charge is 0.345 e. The normalized spacial score (nSPS) is 16.0. The van der Waals surface area contributed by atoms with Crippen molar-refractivity contribution in [2.75, 3.05) is 0 Å². The summed E-state index contributed by atoms with van der Waals surface area (Å²) in [5, 5.41) is 1.40. The van der Waals surface area contributed by atoms with Crippen molar-refractivity contribution in [2.45, 2.75) is 25.8 Å². The number of para-hydroxylation sites is 1. The second kappa shape index (κ2) is 2.63. The Bertz CT molecular complexity index is 439. The van der Waals surface area contributed by atoms with E-state index in [0.29, 0.717) is 0 Å². The molecule has 1 aliphatic rings. The molecule has 13 heavy (non-hydrogen) atoms. The molecule has 0 atom stereocenters. The molecular weight excluding hydrogens is 158 g/mol. The highest BCUT2D eigenvalue weighted by Gasteiger charge is 2.11. The van der Waals surface area contributed by atoms with Crippen molar-refractivity contribution >= 4 is 10.9 Å². The summed E-state index contributed by atoms with van der Waals surface area (Å²) in [5.74, 6) is 0. The summed E-state index contributed by atoms with van der Waals surface area (Å²) in [7, 11) is 0. The molecule has 0 N–H and O–H groups in total. The van der Waals surface area contributed by atoms with Crippen molar-refractivity contribution in [3.8, 4) is 0 Å². The van der Waals surface area contributed by atoms with E-state index in [1.165, 1.54) is 42.4 Å². The van der Waals surface area contributed by atoms with Crippen LogP contribution in [0.2, 0.25) is 0 Å². The predicted octanol–water partition coefficient (Wildman–Crippen LogP) is 2.98. The number of fused-ring (bicyclic) bond motifs is 3. The van der Waals surface area contributed by atoms with Gasteiger partial charge in [0.25, 0.3) is 0 Å². The van der Waals surface area contributed by atoms with Gasteiger partial charge >= 0.3 is 0 Å². The number of nitrogens with zero attached hydrogens (tertiary/aromatic N) is 1. The van der Waals surface area contributed by atoms with Gasteiger partial charge in [0.05, 0.1) is 0 Å². The molecule has 1 aromatic carbocycles. The highest BCUT2D eigenvalue weighted by atomic mass is 15.0. The SMILES string of the molecule is c1ccc2c(c1)cc1n2CCCC1. The minimum absolute atomic E-state index is 1.21. The first-order valence-electron chi connectivity index (χ1n) is 5.02. The molecule has 0 aliphatic carbocycles. The van der Waals surface area contributed by atoms with Crippen LogP contribution in [0.25, 0.3) is 10.9 Å². The molecule has 0 amide bonds. The lowest BCUT2D eigenvalue weighted by atomic mass is 10.1. The first-order valence-corrected chi connectivity index (χ1v) is 5.02. The third kappa shape index (κ3) is 0.998. The van der Waals surface area contributed by atoms with E-state index in [9.17, 15) is 0 Å². The van der Waals surface area contributed by atoms with Gasteiger partial charge in [0, 0.05) is 17.8 Å². The highest BCUT2D eigenvalue weighted by molar-refractivity contribution is 5.81. The Morgan fingerprint density at radius 1 is 1.08 bits per heavy atom. The van der Waals surface area contributed by atoms with Gasteiger partial charge in [0.1, 0.15) is 0 Å². The number of aromatic nitrogens is 1. The highest BCUT2D eigenvalue weighted by Crippen LogP contribution is 2.24. The Balaban J connectivity index is 2.34. The lowest BCUT2D eigenvalue weighted by Gasteiger charge is -2.15. The molecule has 1 heteroatoms. The van der Waals surface area contributed by atoms with Gasteiger partial charge in [0.2, 0.25) is 0 Å². The molecular formula is C12H13N. The third-order valence-corrected chi connectivity index (χ3v) is 2.96. The molecule has 1 aliphatic heterocycles. The molecule has 2 heterocycles. The maximum absolute atomic E-state index is 2.47. The van der Waals surface area contributed by atoms with Crippen LogP contribution in [0.5, 0.6) is 0 Å². The summed E-state index contributed by atoms with van der Waals surface area (Å²) in [5.41, 5.74) is 2.93. The van der Waals surface area contributed by atoms with Gasteiger partial charge in [0.15, 0.2) is 0 Å². The molecule has 0 unspecified atom stereocenters. The van der Waals surface area contributed by atoms with E-state index in [1.54, 1.807) is 0 Å². The summed E-state index contributed by atoms with van der Waals surface area (Å²) < 4.78 is 2.47. The summed E-state index contributed by atoms with van der Waals surface area (Å²) in [4.78, 5) is 0. The van der Waals surface area contributed by atoms with Gasteiger partial charge in [-0.05, 0) is 36.8 Å². The fourth-order valence-corrected chi connectivity index (χ4v) is 2.31. The summed E-state index contributed by atoms with van der Waals surface area (Å²) in [6.07, 6.45) is 3.96. The summed E-state index contributed by atoms with van der Waals surface area (Å²) >= 11 is 0. The van der Waals surface area contributed by atoms with Crippen LogP contribution in [-0.2, 0) is 13.0 Å². The zero-order chi connectivity index (χ0) is 8.67. The van der Waals surface area contributed by atoms with Crippen molar-refractivity contribution < 1.29 is 0 Å². The van der Waals surface area contributed by atoms with Crippen LogP contribution in [0.1, 0.15) is 18.5 Å². The van der Waals surface area contributed by atoms with Crippen LogP contribution in [0.4, 0.5) is 0 Å². The summed E-state index contributed by atoms with van der Waals surface area (Å²) in [6, 6.07) is 11.0. The van der Waals surface area contributed by atoms with Crippen LogP contribution < -0.4 is 0 Å². The molecule has 1 aromatic heterocycles. The molecule has 0 saturated heterocycles. The Kier molecular flexibility index (Phi) is 1.45. The van der Waals surface area contributed by atoms with Gasteiger partial charge < -0.3 is 4.57 Å². The fraction of sp³-hybridized carbons (Fsp3) is 0.333. The standard InChI is InChI=1S/C12H13N/c1-2-7-12-10(5-1)9-11-6-3-4-8-13(11)12/h1-2,5,7,9H,3-4,6,8H2. The average molecular weight is 171 g/mol. The molecule has 3 rings (SSSR count). The lowest BCUT2D eigenvalue weighted by molar-refractivity contribution is 0.545. The van der Waals surface area contributed by atoms with Gasteiger partial charge in [-0.15, -0.1) is 0 Å². The Morgan fingerprint density at radius 3 is 3.00 bits per heavy atom. The average Bonchev–Trinajstić information content (AvgIpc) is 2.56. The van der Waals surface area contributed by atoms with Crippen LogP contribution in [-0.4, -0.2) is 4.57 Å². The number of hydrogen-bond acceptors (Lipinski definition) is 0. The first-order chi connectivity index (χ1) is 6.45. The Hall–Kier alpha value is -1.24. The van der Waals surface area contributed by atoms with E-state index >= 15 is 0 Å². The third-order valence-electron chi connectivity index (χ3n) is 2.96. The van der Waals surface area contributed by atoms with Crippen LogP contribution >= 0.6 is 0 Å². The molecule has 0 spiro atoms. The van der Waals surface area contributed by atoms with Crippen molar-refractivity contribution in [1.29, 1.82) is 0 Å². The van der Waals surface area contributed by atoms with E-state index in [1.807, 2.05) is 0 Å². The maximum Gasteiger partial charge on any atom is 0.0482 e. The molecule has 1 nitrogen and oxygen atoms in total. The minimum Gasteiger partial charge on any atom is -0.345 e. The van der Waals surface area contributed by atoms with Gasteiger partial charge in [-0.3, -0.25) is 0 Å². The number of aryl methyl sites for hydroxylation is 2. The monoisotopic (exact) mass is 171 g/mol. The second-order valence-corrected chi connectivity index (χ2v) is 3.80. The van der Waals surface area contributed by atoms with E-state index in [0.717, 1.165) is 0 Å². The predicted molar refractivity (Wildman–Crippen MR) is 54.9 cm³/mol. The minimum atomic E-state index is 1.21. The fourth-order valence-electron chi connectivity index (χ4n) is 2.31. The molecule has 0 saturated carbocycles. The number of rotatable bonds is 0. The van der Waals surface area contributed by atoms with E-state index in [2.05, 4.69) is 34.9 Å². The number of benzene rings is 1. The molecule has 0 radical (unpaired) electrons. The zero-order valence-electron chi connectivity index (χ0n) is 7.66. The summed E-state index contributed by atoms with van der Waals surface area (Å²) in [6.45, 7) is 1.21. The van der Waals surface area contributed by atoms with E-state index < -0.39 is 0 Å². The molecule has 66 valence electrons. The van der Waals surface area contributed by atoms with Crippen molar-refractivity contribution in [3.63, 3.8) is 0 Å². The molecule has 0 fully saturated rings. The second-order valence-electron chi connectivity index (χ2n) is 3.80. The van der Waals surface area contributed by atoms with Gasteiger partial charge in [-0.25, -0.2) is 0 Å². The van der Waals surface area contributed by atoms with Crippen molar-refractivity contribution in [3.05, 3.63) is 36.0 Å². The number of hydrogen-bond donors (Lipinski definition) is 0. The van der Waals surface area contributed by atoms with Gasteiger partial charge in [-0.2, -0.15) is 0 Å². The maximum atomic E-state index is 2.47. The van der Waals surface area contributed by atoms with Crippen LogP contribution in [0, 0.1) is 0 Å². The smallest absolute Gasteiger partial charge is 0.0482 e. The van der Waals surface area contributed by atoms with E-state index in [4.69, 9.17) is 0 Å². The molecule has 2 aromatic rings. The molecule has 0 bridgehead atoms. The van der Waals surface area contributed by atoms with Crippen LogP contribution in [0.15, 0.2) is 30.3 Å². The van der Waals surface area contributed by atoms with E-state index in [-0.39, 0.29) is 0 Å². The zero-order valence-corrected chi connectivity index (χ0v) is 7.66. The van der Waals surface area contributed by atoms with Crippen molar-refractivity contribution in [1.82, 2.24) is 4.57 Å². The van der Waals surface area contributed by atoms with Crippen LogP contribution in [0.3, 0.4) is 0 Å². The first kappa shape index (κ1) is 7.19. The quantitative estimate of drug-likeness (QED) is 0.574. The Morgan fingerprint density at radius 2 is 2.00 bits per heavy atom. The lowest BCUT2D eigenvalue weighted by Crippen LogP contribution is -2.08. The van der Waals surface area contributed by atoms with Gasteiger partial charge in [-0.1, -0.05) is 18.2 Å². The van der Waals surface area contributed by atoms with Crippen molar-refractivity contribution in [2.24, 2.45) is 0 Å². The Labute approximate surface area is 78.0 Å². The topological polar surface area (TPSA) is 4.93 Å².